The number of hydrogen-bond acceptors (Lipinski definition) is 2. The van der Waals surface area contributed by atoms with Gasteiger partial charge in [-0.1, -0.05) is 90.5 Å². The SMILES string of the molecule is Cc1ccc(N(C)C(=O)C(Cc2ccccc2)NC(=O)Cc2cccc3ccccc23)cc1. The maximum Gasteiger partial charge on any atom is 0.249 e. The van der Waals surface area contributed by atoms with Crippen molar-refractivity contribution in [1.29, 1.82) is 0 Å². The molecule has 4 aromatic carbocycles. The maximum absolute atomic E-state index is 13.4. The Balaban J connectivity index is 1.55. The van der Waals surface area contributed by atoms with Crippen molar-refractivity contribution >= 4 is 28.3 Å². The van der Waals surface area contributed by atoms with Gasteiger partial charge < -0.3 is 10.2 Å². The van der Waals surface area contributed by atoms with Gasteiger partial charge in [0, 0.05) is 19.2 Å². The number of amides is 2. The number of carbonyl (C=O) groups excluding carboxylic acids is 2. The van der Waals surface area contributed by atoms with Crippen LogP contribution in [0.3, 0.4) is 0 Å². The van der Waals surface area contributed by atoms with Gasteiger partial charge in [-0.2, -0.15) is 0 Å². The van der Waals surface area contributed by atoms with Crippen molar-refractivity contribution in [3.05, 3.63) is 114 Å². The summed E-state index contributed by atoms with van der Waals surface area (Å²) in [5.74, 6) is -0.313. The molecule has 0 aliphatic rings. The zero-order chi connectivity index (χ0) is 23.2. The molecule has 33 heavy (non-hydrogen) atoms. The van der Waals surface area contributed by atoms with Crippen LogP contribution in [-0.4, -0.2) is 24.9 Å². The highest BCUT2D eigenvalue weighted by molar-refractivity contribution is 5.99. The van der Waals surface area contributed by atoms with E-state index in [0.717, 1.165) is 33.2 Å². The molecule has 4 aromatic rings. The average Bonchev–Trinajstić information content (AvgIpc) is 2.84. The van der Waals surface area contributed by atoms with Crippen LogP contribution in [0.4, 0.5) is 5.69 Å². The van der Waals surface area contributed by atoms with E-state index in [9.17, 15) is 9.59 Å². The zero-order valence-corrected chi connectivity index (χ0v) is 19.0. The van der Waals surface area contributed by atoms with E-state index >= 15 is 0 Å². The first-order valence-corrected chi connectivity index (χ1v) is 11.2. The Morgan fingerprint density at radius 2 is 1.48 bits per heavy atom. The van der Waals surface area contributed by atoms with Gasteiger partial charge in [-0.05, 0) is 41.0 Å². The van der Waals surface area contributed by atoms with Crippen molar-refractivity contribution < 1.29 is 9.59 Å². The average molecular weight is 437 g/mol. The number of nitrogens with one attached hydrogen (secondary N) is 1. The summed E-state index contributed by atoms with van der Waals surface area (Å²) < 4.78 is 0. The molecule has 0 bridgehead atoms. The molecule has 4 heteroatoms. The highest BCUT2D eigenvalue weighted by Gasteiger charge is 2.25. The Labute approximate surface area is 194 Å². The first kappa shape index (κ1) is 22.3. The third-order valence-electron chi connectivity index (χ3n) is 5.90. The number of anilines is 1. The van der Waals surface area contributed by atoms with Gasteiger partial charge in [0.05, 0.1) is 6.42 Å². The number of nitrogens with zero attached hydrogens (tertiary/aromatic N) is 1. The molecule has 0 fully saturated rings. The van der Waals surface area contributed by atoms with Gasteiger partial charge >= 0.3 is 0 Å². The minimum Gasteiger partial charge on any atom is -0.344 e. The quantitative estimate of drug-likeness (QED) is 0.439. The third-order valence-corrected chi connectivity index (χ3v) is 5.90. The molecule has 0 saturated carbocycles. The lowest BCUT2D eigenvalue weighted by atomic mass is 10.0. The van der Waals surface area contributed by atoms with Crippen LogP contribution in [0.2, 0.25) is 0 Å². The Morgan fingerprint density at radius 1 is 0.818 bits per heavy atom. The molecule has 4 nitrogen and oxygen atoms in total. The number of benzene rings is 4. The molecule has 0 aromatic heterocycles. The Hall–Kier alpha value is -3.92. The zero-order valence-electron chi connectivity index (χ0n) is 19.0. The molecule has 4 rings (SSSR count). The molecule has 0 heterocycles. The van der Waals surface area contributed by atoms with Gasteiger partial charge in [0.15, 0.2) is 0 Å². The van der Waals surface area contributed by atoms with Gasteiger partial charge in [-0.25, -0.2) is 0 Å². The molecule has 0 radical (unpaired) electrons. The van der Waals surface area contributed by atoms with Crippen LogP contribution in [0.15, 0.2) is 97.1 Å². The molecule has 2 amide bonds. The van der Waals surface area contributed by atoms with Gasteiger partial charge in [-0.15, -0.1) is 0 Å². The maximum atomic E-state index is 13.4. The fourth-order valence-electron chi connectivity index (χ4n) is 4.04. The molecule has 0 aliphatic carbocycles. The van der Waals surface area contributed by atoms with Crippen LogP contribution < -0.4 is 10.2 Å². The Bertz CT molecular complexity index is 1240. The van der Waals surface area contributed by atoms with E-state index in [0.29, 0.717) is 6.42 Å². The summed E-state index contributed by atoms with van der Waals surface area (Å²) in [5, 5.41) is 5.16. The van der Waals surface area contributed by atoms with Gasteiger partial charge in [0.1, 0.15) is 6.04 Å². The van der Waals surface area contributed by atoms with Crippen LogP contribution in [0.1, 0.15) is 16.7 Å². The number of aryl methyl sites for hydroxylation is 1. The molecule has 1 N–H and O–H groups in total. The third kappa shape index (κ3) is 5.47. The summed E-state index contributed by atoms with van der Waals surface area (Å²) in [6, 6.07) is 30.9. The van der Waals surface area contributed by atoms with E-state index in [-0.39, 0.29) is 18.2 Å². The number of likely N-dealkylation sites (N-methyl/N-ethyl adjacent to an activating group) is 1. The summed E-state index contributed by atoms with van der Waals surface area (Å²) >= 11 is 0. The fraction of sp³-hybridized carbons (Fsp3) is 0.172. The van der Waals surface area contributed by atoms with E-state index in [1.165, 1.54) is 0 Å². The lowest BCUT2D eigenvalue weighted by Crippen LogP contribution is -2.49. The Morgan fingerprint density at radius 3 is 2.24 bits per heavy atom. The second kappa shape index (κ2) is 10.1. The highest BCUT2D eigenvalue weighted by atomic mass is 16.2. The summed E-state index contributed by atoms with van der Waals surface area (Å²) in [5.41, 5.74) is 3.87. The normalized spacial score (nSPS) is 11.7. The number of fused-ring (bicyclic) bond motifs is 1. The van der Waals surface area contributed by atoms with Crippen molar-refractivity contribution in [3.8, 4) is 0 Å². The van der Waals surface area contributed by atoms with Crippen LogP contribution in [0, 0.1) is 6.92 Å². The Kier molecular flexibility index (Phi) is 6.84. The van der Waals surface area contributed by atoms with E-state index in [1.54, 1.807) is 11.9 Å². The molecule has 0 saturated heterocycles. The van der Waals surface area contributed by atoms with Gasteiger partial charge in [0.2, 0.25) is 11.8 Å². The van der Waals surface area contributed by atoms with Gasteiger partial charge in [0.25, 0.3) is 0 Å². The minimum atomic E-state index is -0.666. The fourth-order valence-corrected chi connectivity index (χ4v) is 4.04. The van der Waals surface area contributed by atoms with Crippen molar-refractivity contribution in [2.45, 2.75) is 25.8 Å². The van der Waals surface area contributed by atoms with Gasteiger partial charge in [-0.3, -0.25) is 9.59 Å². The second-order valence-electron chi connectivity index (χ2n) is 8.36. The molecule has 0 aliphatic heterocycles. The summed E-state index contributed by atoms with van der Waals surface area (Å²) in [7, 11) is 1.75. The number of hydrogen-bond donors (Lipinski definition) is 1. The lowest BCUT2D eigenvalue weighted by molar-refractivity contribution is -0.127. The first-order valence-electron chi connectivity index (χ1n) is 11.2. The lowest BCUT2D eigenvalue weighted by Gasteiger charge is -2.25. The van der Waals surface area contributed by atoms with E-state index in [1.807, 2.05) is 104 Å². The van der Waals surface area contributed by atoms with Crippen molar-refractivity contribution in [2.24, 2.45) is 0 Å². The van der Waals surface area contributed by atoms with E-state index in [2.05, 4.69) is 5.32 Å². The van der Waals surface area contributed by atoms with E-state index in [4.69, 9.17) is 0 Å². The predicted octanol–water partition coefficient (Wildman–Crippen LogP) is 5.08. The summed E-state index contributed by atoms with van der Waals surface area (Å²) in [6.07, 6.45) is 0.644. The standard InChI is InChI=1S/C29H28N2O2/c1-21-15-17-25(18-16-21)31(2)29(33)27(19-22-9-4-3-5-10-22)30-28(32)20-24-13-8-12-23-11-6-7-14-26(23)24/h3-18,27H,19-20H2,1-2H3,(H,30,32). The summed E-state index contributed by atoms with van der Waals surface area (Å²) in [4.78, 5) is 28.1. The van der Waals surface area contributed by atoms with Crippen LogP contribution >= 0.6 is 0 Å². The molecule has 0 spiro atoms. The van der Waals surface area contributed by atoms with Crippen LogP contribution in [0.5, 0.6) is 0 Å². The van der Waals surface area contributed by atoms with Crippen molar-refractivity contribution in [1.82, 2.24) is 5.32 Å². The number of rotatable bonds is 7. The molecule has 166 valence electrons. The molecular weight excluding hydrogens is 408 g/mol. The predicted molar refractivity (Wildman–Crippen MR) is 134 cm³/mol. The first-order chi connectivity index (χ1) is 16.0. The highest BCUT2D eigenvalue weighted by Crippen LogP contribution is 2.20. The van der Waals surface area contributed by atoms with Crippen LogP contribution in [-0.2, 0) is 22.4 Å². The molecule has 1 unspecified atom stereocenters. The topological polar surface area (TPSA) is 49.4 Å². The van der Waals surface area contributed by atoms with E-state index < -0.39 is 6.04 Å². The largest absolute Gasteiger partial charge is 0.344 e. The molecule has 1 atom stereocenters. The van der Waals surface area contributed by atoms with Crippen LogP contribution in [0.25, 0.3) is 10.8 Å². The number of carbonyl (C=O) groups is 2. The summed E-state index contributed by atoms with van der Waals surface area (Å²) in [6.45, 7) is 2.01. The van der Waals surface area contributed by atoms with Crippen molar-refractivity contribution in [3.63, 3.8) is 0 Å². The monoisotopic (exact) mass is 436 g/mol. The molecular formula is C29H28N2O2. The van der Waals surface area contributed by atoms with Crippen molar-refractivity contribution in [2.75, 3.05) is 11.9 Å². The smallest absolute Gasteiger partial charge is 0.249 e. The second-order valence-corrected chi connectivity index (χ2v) is 8.36. The minimum absolute atomic E-state index is 0.144.